The maximum Gasteiger partial charge on any atom is 0.229 e. The minimum absolute atomic E-state index is 0.0515. The number of halogens is 3. The van der Waals surface area contributed by atoms with Gasteiger partial charge >= 0.3 is 0 Å². The van der Waals surface area contributed by atoms with E-state index >= 15 is 13.2 Å². The first-order valence-corrected chi connectivity index (χ1v) is 13.1. The number of nitrogens with zero attached hydrogens (tertiary/aromatic N) is 5. The van der Waals surface area contributed by atoms with Crippen molar-refractivity contribution in [3.8, 4) is 11.3 Å². The fraction of sp³-hybridized carbons (Fsp3) is 0.393. The van der Waals surface area contributed by atoms with E-state index in [0.29, 0.717) is 30.2 Å². The Balaban J connectivity index is 1.34. The van der Waals surface area contributed by atoms with E-state index in [-0.39, 0.29) is 35.7 Å². The van der Waals surface area contributed by atoms with Crippen LogP contribution in [0, 0.1) is 17.6 Å². The average Bonchev–Trinajstić information content (AvgIpc) is 3.50. The van der Waals surface area contributed by atoms with Crippen LogP contribution in [-0.2, 0) is 5.67 Å². The first-order chi connectivity index (χ1) is 18.3. The lowest BCUT2D eigenvalue weighted by Crippen LogP contribution is -2.46. The summed E-state index contributed by atoms with van der Waals surface area (Å²) in [6.45, 7) is 3.77. The molecule has 198 valence electrons. The number of imidazole rings is 1. The van der Waals surface area contributed by atoms with Crippen LogP contribution in [0.5, 0.6) is 0 Å². The van der Waals surface area contributed by atoms with Gasteiger partial charge in [0.05, 0.1) is 40.5 Å². The van der Waals surface area contributed by atoms with Gasteiger partial charge in [-0.3, -0.25) is 4.98 Å². The van der Waals surface area contributed by atoms with Crippen molar-refractivity contribution in [3.63, 3.8) is 0 Å². The van der Waals surface area contributed by atoms with Crippen LogP contribution in [0.15, 0.2) is 48.9 Å². The summed E-state index contributed by atoms with van der Waals surface area (Å²) in [5.41, 5.74) is 6.73. The van der Waals surface area contributed by atoms with Crippen LogP contribution in [0.1, 0.15) is 44.6 Å². The van der Waals surface area contributed by atoms with Gasteiger partial charge in [-0.1, -0.05) is 6.92 Å². The minimum atomic E-state index is -1.68. The summed E-state index contributed by atoms with van der Waals surface area (Å²) in [6.07, 6.45) is 8.00. The van der Waals surface area contributed by atoms with Crippen LogP contribution >= 0.6 is 0 Å². The van der Waals surface area contributed by atoms with E-state index in [1.54, 1.807) is 24.7 Å². The smallest absolute Gasteiger partial charge is 0.229 e. The molecule has 6 rings (SSSR count). The van der Waals surface area contributed by atoms with Gasteiger partial charge in [-0.25, -0.2) is 18.2 Å². The molecule has 0 amide bonds. The molecule has 0 radical (unpaired) electrons. The van der Waals surface area contributed by atoms with Crippen LogP contribution in [0.25, 0.3) is 16.8 Å². The van der Waals surface area contributed by atoms with Crippen molar-refractivity contribution in [2.24, 2.45) is 11.7 Å². The standard InChI is InChI=1S/C28H30F3N7/c1-17-10-19(32)16-37(15-17)25-6-9-33-14-24(25)35-27-34-13-20-4-5-23(36-38(20)27)26-21(29)11-18(12-22(26)30)28(31)7-2-3-8-28/h4-6,9,11-14,17,19H,2-3,7-8,10,15-16,32H2,1H3,(H,34,35). The van der Waals surface area contributed by atoms with Crippen molar-refractivity contribution in [1.82, 2.24) is 19.6 Å². The molecule has 1 saturated heterocycles. The third-order valence-electron chi connectivity index (χ3n) is 7.67. The molecular formula is C28H30F3N7. The van der Waals surface area contributed by atoms with Crippen molar-refractivity contribution < 1.29 is 13.2 Å². The lowest BCUT2D eigenvalue weighted by molar-refractivity contribution is 0.173. The van der Waals surface area contributed by atoms with Crippen molar-refractivity contribution in [2.75, 3.05) is 23.3 Å². The normalized spacial score (nSPS) is 21.2. The van der Waals surface area contributed by atoms with E-state index in [0.717, 1.165) is 43.0 Å². The van der Waals surface area contributed by atoms with E-state index in [1.165, 1.54) is 10.6 Å². The molecular weight excluding hydrogens is 491 g/mol. The summed E-state index contributed by atoms with van der Waals surface area (Å²) >= 11 is 0. The summed E-state index contributed by atoms with van der Waals surface area (Å²) in [4.78, 5) is 10.9. The highest BCUT2D eigenvalue weighted by molar-refractivity contribution is 5.74. The zero-order valence-corrected chi connectivity index (χ0v) is 21.2. The second-order valence-corrected chi connectivity index (χ2v) is 10.6. The van der Waals surface area contributed by atoms with Gasteiger partial charge in [-0.05, 0) is 73.9 Å². The Morgan fingerprint density at radius 3 is 2.55 bits per heavy atom. The number of hydrogen-bond acceptors (Lipinski definition) is 6. The summed E-state index contributed by atoms with van der Waals surface area (Å²) in [7, 11) is 0. The van der Waals surface area contributed by atoms with Crippen molar-refractivity contribution >= 4 is 22.8 Å². The molecule has 2 aliphatic rings. The van der Waals surface area contributed by atoms with E-state index in [4.69, 9.17) is 5.73 Å². The van der Waals surface area contributed by atoms with Gasteiger partial charge in [0.25, 0.3) is 0 Å². The third-order valence-corrected chi connectivity index (χ3v) is 7.67. The summed E-state index contributed by atoms with van der Waals surface area (Å²) < 4.78 is 47.1. The number of pyridine rings is 1. The molecule has 1 aliphatic carbocycles. The van der Waals surface area contributed by atoms with E-state index in [1.807, 2.05) is 6.07 Å². The van der Waals surface area contributed by atoms with E-state index in [9.17, 15) is 0 Å². The van der Waals surface area contributed by atoms with Gasteiger partial charge in [0.15, 0.2) is 0 Å². The van der Waals surface area contributed by atoms with E-state index in [2.05, 4.69) is 32.2 Å². The van der Waals surface area contributed by atoms with Crippen molar-refractivity contribution in [1.29, 1.82) is 0 Å². The Kier molecular flexibility index (Phi) is 6.22. The van der Waals surface area contributed by atoms with Gasteiger partial charge in [0.2, 0.25) is 5.95 Å². The molecule has 2 fully saturated rings. The molecule has 4 aromatic rings. The van der Waals surface area contributed by atoms with Gasteiger partial charge < -0.3 is 16.0 Å². The fourth-order valence-electron chi connectivity index (χ4n) is 5.88. The number of rotatable bonds is 5. The number of nitrogens with two attached hydrogens (primary N) is 1. The Hall–Kier alpha value is -3.66. The van der Waals surface area contributed by atoms with Crippen LogP contribution in [0.3, 0.4) is 0 Å². The van der Waals surface area contributed by atoms with Gasteiger partial charge in [0.1, 0.15) is 17.3 Å². The number of aromatic nitrogens is 4. The zero-order chi connectivity index (χ0) is 26.4. The molecule has 2 unspecified atom stereocenters. The number of fused-ring (bicyclic) bond motifs is 1. The topological polar surface area (TPSA) is 84.4 Å². The fourth-order valence-corrected chi connectivity index (χ4v) is 5.88. The number of anilines is 3. The number of alkyl halides is 1. The van der Waals surface area contributed by atoms with Crippen LogP contribution in [0.4, 0.5) is 30.5 Å². The SMILES string of the molecule is CC1CC(N)CN(c2ccncc2Nc2ncc3ccc(-c4c(F)cc(C5(F)CCCC5)cc4F)nn23)C1. The van der Waals surface area contributed by atoms with Crippen molar-refractivity contribution in [3.05, 3.63) is 66.1 Å². The van der Waals surface area contributed by atoms with Gasteiger partial charge in [0, 0.05) is 25.3 Å². The summed E-state index contributed by atoms with van der Waals surface area (Å²) in [5.74, 6) is -0.851. The quantitative estimate of drug-likeness (QED) is 0.349. The zero-order valence-electron chi connectivity index (χ0n) is 21.2. The van der Waals surface area contributed by atoms with Crippen molar-refractivity contribution in [2.45, 2.75) is 50.7 Å². The highest BCUT2D eigenvalue weighted by Crippen LogP contribution is 2.44. The van der Waals surface area contributed by atoms with E-state index < -0.39 is 17.3 Å². The molecule has 2 atom stereocenters. The predicted molar refractivity (Wildman–Crippen MR) is 141 cm³/mol. The number of nitrogens with one attached hydrogen (secondary N) is 1. The molecule has 1 aromatic carbocycles. The second-order valence-electron chi connectivity index (χ2n) is 10.6. The number of benzene rings is 1. The third kappa shape index (κ3) is 4.47. The highest BCUT2D eigenvalue weighted by atomic mass is 19.1. The van der Waals surface area contributed by atoms with Crippen LogP contribution in [0.2, 0.25) is 0 Å². The Labute approximate surface area is 218 Å². The number of hydrogen-bond donors (Lipinski definition) is 2. The molecule has 4 heterocycles. The molecule has 0 bridgehead atoms. The molecule has 3 N–H and O–H groups in total. The molecule has 1 saturated carbocycles. The summed E-state index contributed by atoms with van der Waals surface area (Å²) in [6, 6.07) is 7.44. The molecule has 7 nitrogen and oxygen atoms in total. The lowest BCUT2D eigenvalue weighted by atomic mass is 9.92. The molecule has 0 spiro atoms. The minimum Gasteiger partial charge on any atom is -0.368 e. The monoisotopic (exact) mass is 521 g/mol. The largest absolute Gasteiger partial charge is 0.368 e. The summed E-state index contributed by atoms with van der Waals surface area (Å²) in [5, 5.41) is 7.79. The molecule has 10 heteroatoms. The maximum absolute atomic E-state index is 15.2. The van der Waals surface area contributed by atoms with Gasteiger partial charge in [-0.2, -0.15) is 9.61 Å². The Bertz CT molecular complexity index is 1450. The highest BCUT2D eigenvalue weighted by Gasteiger charge is 2.37. The molecule has 1 aliphatic heterocycles. The maximum atomic E-state index is 15.2. The average molecular weight is 522 g/mol. The first kappa shape index (κ1) is 24.7. The second kappa shape index (κ2) is 9.58. The molecule has 3 aromatic heterocycles. The van der Waals surface area contributed by atoms with Crippen LogP contribution < -0.4 is 16.0 Å². The van der Waals surface area contributed by atoms with Crippen LogP contribution in [-0.4, -0.2) is 38.7 Å². The number of piperidine rings is 1. The lowest BCUT2D eigenvalue weighted by Gasteiger charge is -2.37. The molecule has 38 heavy (non-hydrogen) atoms. The van der Waals surface area contributed by atoms with Gasteiger partial charge in [-0.15, -0.1) is 0 Å². The Morgan fingerprint density at radius 2 is 1.82 bits per heavy atom. The Morgan fingerprint density at radius 1 is 1.05 bits per heavy atom. The first-order valence-electron chi connectivity index (χ1n) is 13.1. The predicted octanol–water partition coefficient (Wildman–Crippen LogP) is 5.73.